The second-order valence-corrected chi connectivity index (χ2v) is 8.81. The number of aromatic nitrogens is 5. The lowest BCUT2D eigenvalue weighted by molar-refractivity contribution is -0.117. The second kappa shape index (κ2) is 9.61. The number of amides is 1. The maximum absolute atomic E-state index is 12.8. The summed E-state index contributed by atoms with van der Waals surface area (Å²) in [6.45, 7) is 6.79. The highest BCUT2D eigenvalue weighted by molar-refractivity contribution is 6.00. The Morgan fingerprint density at radius 3 is 2.46 bits per heavy atom. The summed E-state index contributed by atoms with van der Waals surface area (Å²) < 4.78 is 5.40. The zero-order valence-corrected chi connectivity index (χ0v) is 20.2. The molecule has 0 atom stereocenters. The van der Waals surface area contributed by atoms with E-state index >= 15 is 0 Å². The molecule has 11 heteroatoms. The van der Waals surface area contributed by atoms with Crippen LogP contribution in [-0.2, 0) is 16.6 Å². The molecule has 1 aliphatic rings. The Hall–Kier alpha value is -4.15. The zero-order chi connectivity index (χ0) is 25.3. The molecule has 1 aromatic carbocycles. The predicted octanol–water partition coefficient (Wildman–Crippen LogP) is 3.44. The Balaban J connectivity index is 1.77. The summed E-state index contributed by atoms with van der Waals surface area (Å²) in [6.07, 6.45) is 3.00. The third-order valence-electron chi connectivity index (χ3n) is 5.46. The number of anilines is 3. The molecule has 182 valence electrons. The molecule has 11 nitrogen and oxygen atoms in total. The minimum Gasteiger partial charge on any atom is -0.459 e. The highest BCUT2D eigenvalue weighted by Gasteiger charge is 2.30. The van der Waals surface area contributed by atoms with Crippen LogP contribution in [0.2, 0.25) is 0 Å². The molecule has 2 N–H and O–H groups in total. The van der Waals surface area contributed by atoms with E-state index in [1.165, 1.54) is 11.7 Å². The molecule has 35 heavy (non-hydrogen) atoms. The van der Waals surface area contributed by atoms with Crippen molar-refractivity contribution in [3.63, 3.8) is 0 Å². The lowest BCUT2D eigenvalue weighted by Crippen LogP contribution is -2.16. The highest BCUT2D eigenvalue weighted by Crippen LogP contribution is 2.33. The van der Waals surface area contributed by atoms with Crippen LogP contribution in [0.1, 0.15) is 60.0 Å². The summed E-state index contributed by atoms with van der Waals surface area (Å²) in [7, 11) is 1.70. The van der Waals surface area contributed by atoms with Gasteiger partial charge < -0.3 is 15.4 Å². The van der Waals surface area contributed by atoms with Crippen molar-refractivity contribution in [3.8, 4) is 11.3 Å². The van der Waals surface area contributed by atoms with E-state index in [0.29, 0.717) is 28.2 Å². The van der Waals surface area contributed by atoms with Crippen LogP contribution in [0.15, 0.2) is 24.4 Å². The number of aryl methyl sites for hydroxylation is 1. The van der Waals surface area contributed by atoms with E-state index in [1.54, 1.807) is 45.3 Å². The number of hydrogen-bond acceptors (Lipinski definition) is 9. The van der Waals surface area contributed by atoms with Gasteiger partial charge in [-0.05, 0) is 51.3 Å². The summed E-state index contributed by atoms with van der Waals surface area (Å²) in [5.41, 5.74) is 3.31. The lowest BCUT2D eigenvalue weighted by Gasteiger charge is -2.17. The summed E-state index contributed by atoms with van der Waals surface area (Å²) in [5.74, 6) is -0.703. The number of nitrogens with one attached hydrogen (secondary N) is 2. The molecule has 2 heterocycles. The molecule has 4 rings (SSSR count). The average molecular weight is 478 g/mol. The highest BCUT2D eigenvalue weighted by atomic mass is 16.5. The molecular weight excluding hydrogens is 450 g/mol. The fraction of sp³-hybridized carbons (Fsp3) is 0.375. The number of rotatable bonds is 8. The Kier molecular flexibility index (Phi) is 6.59. The quantitative estimate of drug-likeness (QED) is 0.368. The fourth-order valence-corrected chi connectivity index (χ4v) is 3.51. The number of carbonyl (C=O) groups is 3. The molecule has 0 saturated heterocycles. The van der Waals surface area contributed by atoms with Gasteiger partial charge in [0.15, 0.2) is 17.3 Å². The maximum atomic E-state index is 12.8. The number of ketones is 1. The van der Waals surface area contributed by atoms with E-state index in [-0.39, 0.29) is 35.2 Å². The van der Waals surface area contributed by atoms with E-state index in [4.69, 9.17) is 4.74 Å². The van der Waals surface area contributed by atoms with Crippen molar-refractivity contribution < 1.29 is 19.1 Å². The number of benzene rings is 1. The third kappa shape index (κ3) is 5.51. The van der Waals surface area contributed by atoms with Crippen molar-refractivity contribution in [1.82, 2.24) is 25.2 Å². The molecule has 1 fully saturated rings. The molecule has 0 bridgehead atoms. The first-order chi connectivity index (χ1) is 16.6. The van der Waals surface area contributed by atoms with Crippen LogP contribution in [0, 0.1) is 12.8 Å². The largest absolute Gasteiger partial charge is 0.459 e. The fourth-order valence-electron chi connectivity index (χ4n) is 3.51. The molecule has 1 aliphatic carbocycles. The standard InChI is InChI=1S/C24H27N7O4/c1-12(2)35-24(34)16-8-17(20-11-25-31(5)30-20)13(3)18(9-16)26-19-10-21(27-23(33)15-6-7-15)28-29-22(19)14(4)32/h8-12,15H,6-7H2,1-5H3,(H2,26,27,28,33). The molecule has 1 saturated carbocycles. The Labute approximate surface area is 202 Å². The van der Waals surface area contributed by atoms with E-state index in [0.717, 1.165) is 18.4 Å². The number of esters is 1. The zero-order valence-electron chi connectivity index (χ0n) is 20.2. The van der Waals surface area contributed by atoms with Crippen LogP contribution in [0.4, 0.5) is 17.2 Å². The number of carbonyl (C=O) groups excluding carboxylic acids is 3. The van der Waals surface area contributed by atoms with Gasteiger partial charge in [0.2, 0.25) is 5.91 Å². The van der Waals surface area contributed by atoms with Crippen LogP contribution in [0.25, 0.3) is 11.3 Å². The smallest absolute Gasteiger partial charge is 0.338 e. The van der Waals surface area contributed by atoms with E-state index in [1.807, 2.05) is 6.92 Å². The van der Waals surface area contributed by atoms with Crippen LogP contribution in [0.3, 0.4) is 0 Å². The van der Waals surface area contributed by atoms with Gasteiger partial charge in [0.1, 0.15) is 5.69 Å². The lowest BCUT2D eigenvalue weighted by atomic mass is 10.00. The number of hydrogen-bond donors (Lipinski definition) is 2. The summed E-state index contributed by atoms with van der Waals surface area (Å²) in [4.78, 5) is 38.6. The van der Waals surface area contributed by atoms with E-state index < -0.39 is 5.97 Å². The molecule has 0 spiro atoms. The maximum Gasteiger partial charge on any atom is 0.338 e. The topological polar surface area (TPSA) is 141 Å². The summed E-state index contributed by atoms with van der Waals surface area (Å²) in [5, 5.41) is 22.5. The van der Waals surface area contributed by atoms with Crippen molar-refractivity contribution in [3.05, 3.63) is 41.2 Å². The number of nitrogens with zero attached hydrogens (tertiary/aromatic N) is 5. The first kappa shape index (κ1) is 24.0. The first-order valence-electron chi connectivity index (χ1n) is 11.3. The van der Waals surface area contributed by atoms with Crippen LogP contribution >= 0.6 is 0 Å². The summed E-state index contributed by atoms with van der Waals surface area (Å²) in [6, 6.07) is 4.91. The van der Waals surface area contributed by atoms with Crippen LogP contribution in [0.5, 0.6) is 0 Å². The number of Topliss-reactive ketones (excluding diaryl/α,β-unsaturated/α-hetero) is 1. The molecule has 0 unspecified atom stereocenters. The van der Waals surface area contributed by atoms with Gasteiger partial charge in [0.05, 0.1) is 23.6 Å². The first-order valence-corrected chi connectivity index (χ1v) is 11.3. The van der Waals surface area contributed by atoms with Crippen LogP contribution < -0.4 is 10.6 Å². The monoisotopic (exact) mass is 477 g/mol. The summed E-state index contributed by atoms with van der Waals surface area (Å²) >= 11 is 0. The minimum absolute atomic E-state index is 0.0128. The molecule has 3 aromatic rings. The van der Waals surface area contributed by atoms with Crippen molar-refractivity contribution in [1.29, 1.82) is 0 Å². The van der Waals surface area contributed by atoms with Crippen molar-refractivity contribution in [2.45, 2.75) is 46.6 Å². The van der Waals surface area contributed by atoms with Gasteiger partial charge in [0.25, 0.3) is 0 Å². The SMILES string of the molecule is CC(=O)c1nnc(NC(=O)C2CC2)cc1Nc1cc(C(=O)OC(C)C)cc(-c2cnn(C)n2)c1C. The van der Waals surface area contributed by atoms with Gasteiger partial charge >= 0.3 is 5.97 Å². The average Bonchev–Trinajstić information content (AvgIpc) is 3.55. The van der Waals surface area contributed by atoms with Gasteiger partial charge in [0, 0.05) is 37.2 Å². The van der Waals surface area contributed by atoms with E-state index in [2.05, 4.69) is 31.0 Å². The second-order valence-electron chi connectivity index (χ2n) is 8.81. The van der Waals surface area contributed by atoms with Crippen LogP contribution in [-0.4, -0.2) is 49.0 Å². The Morgan fingerprint density at radius 1 is 1.11 bits per heavy atom. The van der Waals surface area contributed by atoms with E-state index in [9.17, 15) is 14.4 Å². The number of ether oxygens (including phenoxy) is 1. The molecule has 2 aromatic heterocycles. The van der Waals surface area contributed by atoms with Gasteiger partial charge in [-0.15, -0.1) is 10.2 Å². The normalized spacial score (nSPS) is 13.0. The molecule has 0 aliphatic heterocycles. The Morgan fingerprint density at radius 2 is 1.86 bits per heavy atom. The molecular formula is C24H27N7O4. The van der Waals surface area contributed by atoms with Crippen molar-refractivity contribution >= 4 is 34.9 Å². The van der Waals surface area contributed by atoms with Crippen molar-refractivity contribution in [2.75, 3.05) is 10.6 Å². The Bertz CT molecular complexity index is 1310. The van der Waals surface area contributed by atoms with Crippen molar-refractivity contribution in [2.24, 2.45) is 13.0 Å². The van der Waals surface area contributed by atoms with Gasteiger partial charge in [-0.3, -0.25) is 9.59 Å². The van der Waals surface area contributed by atoms with Gasteiger partial charge in [-0.1, -0.05) is 0 Å². The predicted molar refractivity (Wildman–Crippen MR) is 128 cm³/mol. The van der Waals surface area contributed by atoms with Gasteiger partial charge in [-0.2, -0.15) is 15.0 Å². The minimum atomic E-state index is -0.495. The molecule has 1 amide bonds. The van der Waals surface area contributed by atoms with Gasteiger partial charge in [-0.25, -0.2) is 4.79 Å². The molecule has 0 radical (unpaired) electrons. The third-order valence-corrected chi connectivity index (χ3v) is 5.46.